The molecule has 1 aliphatic rings. The van der Waals surface area contributed by atoms with Gasteiger partial charge in [0.1, 0.15) is 24.1 Å². The topological polar surface area (TPSA) is 105 Å². The number of nitrogens with zero attached hydrogens (tertiary/aromatic N) is 2. The van der Waals surface area contributed by atoms with Crippen LogP contribution in [0.2, 0.25) is 10.0 Å². The van der Waals surface area contributed by atoms with Gasteiger partial charge in [0.2, 0.25) is 21.8 Å². The first-order chi connectivity index (χ1) is 18.5. The summed E-state index contributed by atoms with van der Waals surface area (Å²) in [5, 5.41) is 3.84. The van der Waals surface area contributed by atoms with Gasteiger partial charge in [0.05, 0.1) is 26.2 Å². The van der Waals surface area contributed by atoms with Crippen molar-refractivity contribution in [3.8, 4) is 11.5 Å². The Morgan fingerprint density at radius 1 is 1.08 bits per heavy atom. The van der Waals surface area contributed by atoms with Crippen molar-refractivity contribution in [2.24, 2.45) is 0 Å². The first-order valence-electron chi connectivity index (χ1n) is 12.7. The molecule has 0 bridgehead atoms. The van der Waals surface area contributed by atoms with E-state index in [9.17, 15) is 18.0 Å². The summed E-state index contributed by atoms with van der Waals surface area (Å²) in [6, 6.07) is 8.73. The van der Waals surface area contributed by atoms with Crippen LogP contribution in [0.3, 0.4) is 0 Å². The Morgan fingerprint density at radius 3 is 2.33 bits per heavy atom. The van der Waals surface area contributed by atoms with E-state index < -0.39 is 28.5 Å². The van der Waals surface area contributed by atoms with Crippen molar-refractivity contribution in [1.82, 2.24) is 10.2 Å². The van der Waals surface area contributed by atoms with E-state index in [-0.39, 0.29) is 29.9 Å². The summed E-state index contributed by atoms with van der Waals surface area (Å²) in [4.78, 5) is 28.7. The fraction of sp³-hybridized carbons (Fsp3) is 0.481. The molecule has 214 valence electrons. The van der Waals surface area contributed by atoms with E-state index >= 15 is 0 Å². The van der Waals surface area contributed by atoms with Crippen LogP contribution in [0.25, 0.3) is 0 Å². The highest BCUT2D eigenvalue weighted by molar-refractivity contribution is 7.92. The molecule has 1 aliphatic carbocycles. The minimum atomic E-state index is -3.94. The molecule has 0 saturated heterocycles. The number of ether oxygens (including phenoxy) is 2. The minimum Gasteiger partial charge on any atom is -0.497 e. The molecule has 0 heterocycles. The van der Waals surface area contributed by atoms with Crippen LogP contribution in [0, 0.1) is 0 Å². The zero-order valence-electron chi connectivity index (χ0n) is 22.6. The lowest BCUT2D eigenvalue weighted by Crippen LogP contribution is -2.53. The van der Waals surface area contributed by atoms with Gasteiger partial charge in [0.25, 0.3) is 0 Å². The molecule has 0 radical (unpaired) electrons. The number of hydrogen-bond acceptors (Lipinski definition) is 6. The van der Waals surface area contributed by atoms with Crippen LogP contribution < -0.4 is 19.1 Å². The highest BCUT2D eigenvalue weighted by atomic mass is 35.5. The number of amides is 2. The lowest BCUT2D eigenvalue weighted by atomic mass is 10.1. The first-order valence-corrected chi connectivity index (χ1v) is 15.3. The Labute approximate surface area is 240 Å². The highest BCUT2D eigenvalue weighted by Crippen LogP contribution is 2.34. The number of nitrogens with one attached hydrogen (secondary N) is 1. The molecule has 0 aromatic heterocycles. The highest BCUT2D eigenvalue weighted by Gasteiger charge is 2.34. The van der Waals surface area contributed by atoms with Gasteiger partial charge in [0.15, 0.2) is 0 Å². The third kappa shape index (κ3) is 7.93. The average molecular weight is 601 g/mol. The number of carbonyl (C=O) groups excluding carboxylic acids is 2. The first kappa shape index (κ1) is 30.8. The molecular weight excluding hydrogens is 565 g/mol. The van der Waals surface area contributed by atoms with Gasteiger partial charge in [-0.25, -0.2) is 8.42 Å². The van der Waals surface area contributed by atoms with Crippen LogP contribution in [0.15, 0.2) is 36.4 Å². The zero-order valence-corrected chi connectivity index (χ0v) is 24.9. The fourth-order valence-electron chi connectivity index (χ4n) is 4.71. The van der Waals surface area contributed by atoms with E-state index in [2.05, 4.69) is 5.32 Å². The van der Waals surface area contributed by atoms with Crippen LogP contribution in [-0.4, -0.2) is 64.2 Å². The van der Waals surface area contributed by atoms with Gasteiger partial charge in [0, 0.05) is 28.7 Å². The minimum absolute atomic E-state index is 0.0111. The summed E-state index contributed by atoms with van der Waals surface area (Å²) in [7, 11) is -1.06. The molecule has 1 N–H and O–H groups in total. The van der Waals surface area contributed by atoms with E-state index in [1.54, 1.807) is 24.3 Å². The molecule has 39 heavy (non-hydrogen) atoms. The summed E-state index contributed by atoms with van der Waals surface area (Å²) < 4.78 is 37.4. The maximum Gasteiger partial charge on any atom is 0.244 e. The van der Waals surface area contributed by atoms with Crippen molar-refractivity contribution in [3.05, 3.63) is 52.0 Å². The number of rotatable bonds is 12. The van der Waals surface area contributed by atoms with E-state index in [0.29, 0.717) is 27.8 Å². The summed E-state index contributed by atoms with van der Waals surface area (Å²) in [5.74, 6) is -0.177. The van der Waals surface area contributed by atoms with Gasteiger partial charge in [-0.05, 0) is 49.1 Å². The molecule has 0 spiro atoms. The Balaban J connectivity index is 1.99. The normalized spacial score (nSPS) is 14.5. The van der Waals surface area contributed by atoms with Crippen molar-refractivity contribution in [1.29, 1.82) is 0 Å². The number of benzene rings is 2. The van der Waals surface area contributed by atoms with E-state index in [1.165, 1.54) is 31.3 Å². The zero-order chi connectivity index (χ0) is 28.7. The summed E-state index contributed by atoms with van der Waals surface area (Å²) in [6.07, 6.45) is 5.18. The van der Waals surface area contributed by atoms with Gasteiger partial charge < -0.3 is 19.7 Å². The number of methoxy groups -OCH3 is 2. The SMILES string of the molecule is CC[C@@H](C(=O)NC1CCCC1)N(Cc1ccc(Cl)cc1Cl)C(=O)CN(c1ccc(OC)cc1OC)S(C)(=O)=O. The maximum absolute atomic E-state index is 13.9. The standard InChI is InChI=1S/C27H35Cl2N3O6S/c1-5-23(27(34)30-20-8-6-7-9-20)31(16-18-10-11-19(28)14-22(18)29)26(33)17-32(39(4,35)36)24-13-12-21(37-2)15-25(24)38-3/h10-15,20,23H,5-9,16-17H2,1-4H3,(H,30,34)/t23-/m0/s1. The van der Waals surface area contributed by atoms with Gasteiger partial charge >= 0.3 is 0 Å². The van der Waals surface area contributed by atoms with Gasteiger partial charge in [-0.2, -0.15) is 0 Å². The number of halogens is 2. The number of anilines is 1. The lowest BCUT2D eigenvalue weighted by Gasteiger charge is -2.34. The van der Waals surface area contributed by atoms with Gasteiger partial charge in [-0.1, -0.05) is 49.0 Å². The molecule has 3 rings (SSSR count). The maximum atomic E-state index is 13.9. The monoisotopic (exact) mass is 599 g/mol. The summed E-state index contributed by atoms with van der Waals surface area (Å²) in [5.41, 5.74) is 0.747. The number of carbonyl (C=O) groups is 2. The predicted molar refractivity (Wildman–Crippen MR) is 153 cm³/mol. The quantitative estimate of drug-likeness (QED) is 0.381. The molecule has 12 heteroatoms. The van der Waals surface area contributed by atoms with E-state index in [1.807, 2.05) is 6.92 Å². The molecule has 0 unspecified atom stereocenters. The molecule has 1 atom stereocenters. The third-order valence-corrected chi connectivity index (χ3v) is 8.49. The van der Waals surface area contributed by atoms with Crippen molar-refractivity contribution in [2.75, 3.05) is 31.3 Å². The van der Waals surface area contributed by atoms with Crippen LogP contribution >= 0.6 is 23.2 Å². The molecular formula is C27H35Cl2N3O6S. The fourth-order valence-corrected chi connectivity index (χ4v) is 6.03. The Bertz CT molecular complexity index is 1280. The predicted octanol–water partition coefficient (Wildman–Crippen LogP) is 4.64. The Kier molecular flexibility index (Phi) is 10.7. The van der Waals surface area contributed by atoms with Gasteiger partial charge in [-0.15, -0.1) is 0 Å². The molecule has 2 aromatic carbocycles. The van der Waals surface area contributed by atoms with E-state index in [0.717, 1.165) is 36.2 Å². The molecule has 9 nitrogen and oxygen atoms in total. The van der Waals surface area contributed by atoms with Crippen LogP contribution in [-0.2, 0) is 26.2 Å². The largest absolute Gasteiger partial charge is 0.497 e. The molecule has 2 aromatic rings. The van der Waals surface area contributed by atoms with Crippen molar-refractivity contribution < 1.29 is 27.5 Å². The smallest absolute Gasteiger partial charge is 0.244 e. The summed E-state index contributed by atoms with van der Waals surface area (Å²) in [6.45, 7) is 1.24. The molecule has 1 fully saturated rings. The molecule has 2 amide bonds. The average Bonchev–Trinajstić information content (AvgIpc) is 3.40. The molecule has 0 aliphatic heterocycles. The third-order valence-electron chi connectivity index (χ3n) is 6.78. The Morgan fingerprint density at radius 2 is 1.77 bits per heavy atom. The second-order valence-corrected chi connectivity index (χ2v) is 12.2. The van der Waals surface area contributed by atoms with Crippen molar-refractivity contribution in [2.45, 2.75) is 57.7 Å². The molecule has 1 saturated carbocycles. The Hall–Kier alpha value is -2.69. The van der Waals surface area contributed by atoms with Crippen LogP contribution in [0.5, 0.6) is 11.5 Å². The van der Waals surface area contributed by atoms with Crippen LogP contribution in [0.1, 0.15) is 44.6 Å². The van der Waals surface area contributed by atoms with Crippen LogP contribution in [0.4, 0.5) is 5.69 Å². The number of hydrogen-bond donors (Lipinski definition) is 1. The summed E-state index contributed by atoms with van der Waals surface area (Å²) >= 11 is 12.5. The van der Waals surface area contributed by atoms with Gasteiger partial charge in [-0.3, -0.25) is 13.9 Å². The van der Waals surface area contributed by atoms with Crippen molar-refractivity contribution >= 4 is 50.7 Å². The van der Waals surface area contributed by atoms with Crippen molar-refractivity contribution in [3.63, 3.8) is 0 Å². The second-order valence-electron chi connectivity index (χ2n) is 9.48. The lowest BCUT2D eigenvalue weighted by molar-refractivity contribution is -0.140. The number of sulfonamides is 1. The second kappa shape index (κ2) is 13.6. The van der Waals surface area contributed by atoms with E-state index in [4.69, 9.17) is 32.7 Å².